The first-order valence-electron chi connectivity index (χ1n) is 5.25. The minimum atomic E-state index is -4.70. The van der Waals surface area contributed by atoms with Gasteiger partial charge in [-0.15, -0.1) is 13.2 Å². The van der Waals surface area contributed by atoms with Gasteiger partial charge in [-0.2, -0.15) is 0 Å². The molecule has 1 aromatic carbocycles. The second-order valence-electron chi connectivity index (χ2n) is 3.73. The zero-order chi connectivity index (χ0) is 13.2. The van der Waals surface area contributed by atoms with Crippen molar-refractivity contribution in [2.45, 2.75) is 12.8 Å². The van der Waals surface area contributed by atoms with Gasteiger partial charge in [0.25, 0.3) is 0 Å². The molecule has 1 aliphatic rings. The number of alkyl halides is 3. The maximum Gasteiger partial charge on any atom is 0.573 e. The number of hydrogen-bond donors (Lipinski definition) is 1. The van der Waals surface area contributed by atoms with E-state index < -0.39 is 6.36 Å². The van der Waals surface area contributed by atoms with Gasteiger partial charge >= 0.3 is 6.36 Å². The normalized spacial score (nSPS) is 15.2. The van der Waals surface area contributed by atoms with Gasteiger partial charge in [0, 0.05) is 18.0 Å². The van der Waals surface area contributed by atoms with Crippen LogP contribution >= 0.6 is 11.6 Å². The van der Waals surface area contributed by atoms with E-state index in [9.17, 15) is 13.2 Å². The second kappa shape index (κ2) is 5.06. The Morgan fingerprint density at radius 3 is 2.78 bits per heavy atom. The molecule has 1 aliphatic heterocycles. The summed E-state index contributed by atoms with van der Waals surface area (Å²) in [6.07, 6.45) is -4.33. The molecule has 0 unspecified atom stereocenters. The van der Waals surface area contributed by atoms with Crippen molar-refractivity contribution in [2.75, 3.05) is 13.1 Å². The van der Waals surface area contributed by atoms with E-state index in [4.69, 9.17) is 11.6 Å². The standard InChI is InChI=1S/C11H10ClF3N2O/c12-9-2-1-8(18-11(13,14)15)5-7(9)6-10-16-3-4-17-10/h1-2,5H,3-4,6H2,(H,16,17). The summed E-state index contributed by atoms with van der Waals surface area (Å²) in [7, 11) is 0. The summed E-state index contributed by atoms with van der Waals surface area (Å²) in [6.45, 7) is 1.41. The van der Waals surface area contributed by atoms with Gasteiger partial charge in [-0.3, -0.25) is 4.99 Å². The molecule has 3 nitrogen and oxygen atoms in total. The maximum atomic E-state index is 12.1. The second-order valence-corrected chi connectivity index (χ2v) is 4.14. The van der Waals surface area contributed by atoms with Crippen LogP contribution in [0.15, 0.2) is 23.2 Å². The molecule has 0 aromatic heterocycles. The number of nitrogens with zero attached hydrogens (tertiary/aromatic N) is 1. The first-order valence-corrected chi connectivity index (χ1v) is 5.63. The van der Waals surface area contributed by atoms with Gasteiger partial charge in [-0.05, 0) is 23.8 Å². The minimum Gasteiger partial charge on any atom is -0.406 e. The van der Waals surface area contributed by atoms with Gasteiger partial charge < -0.3 is 10.1 Å². The Bertz CT molecular complexity index is 474. The van der Waals surface area contributed by atoms with Crippen LogP contribution in [-0.2, 0) is 6.42 Å². The minimum absolute atomic E-state index is 0.277. The van der Waals surface area contributed by atoms with Crippen molar-refractivity contribution in [1.82, 2.24) is 5.32 Å². The molecule has 2 rings (SSSR count). The molecule has 7 heteroatoms. The van der Waals surface area contributed by atoms with E-state index >= 15 is 0 Å². The largest absolute Gasteiger partial charge is 0.573 e. The van der Waals surface area contributed by atoms with E-state index in [0.29, 0.717) is 23.6 Å². The Balaban J connectivity index is 2.16. The molecule has 0 fully saturated rings. The Morgan fingerprint density at radius 2 is 2.17 bits per heavy atom. The molecule has 0 radical (unpaired) electrons. The molecular weight excluding hydrogens is 269 g/mol. The summed E-state index contributed by atoms with van der Waals surface area (Å²) in [5, 5.41) is 3.42. The van der Waals surface area contributed by atoms with Crippen LogP contribution in [0.2, 0.25) is 5.02 Å². The monoisotopic (exact) mass is 278 g/mol. The zero-order valence-corrected chi connectivity index (χ0v) is 9.98. The number of ether oxygens (including phenoxy) is 1. The van der Waals surface area contributed by atoms with E-state index in [1.807, 2.05) is 0 Å². The van der Waals surface area contributed by atoms with Crippen LogP contribution in [0, 0.1) is 0 Å². The molecule has 0 saturated carbocycles. The number of amidine groups is 1. The van der Waals surface area contributed by atoms with E-state index in [2.05, 4.69) is 15.0 Å². The van der Waals surface area contributed by atoms with Crippen LogP contribution in [0.5, 0.6) is 5.75 Å². The summed E-state index contributed by atoms with van der Waals surface area (Å²) in [5.74, 6) is 0.446. The van der Waals surface area contributed by atoms with Crippen molar-refractivity contribution in [3.63, 3.8) is 0 Å². The fourth-order valence-electron chi connectivity index (χ4n) is 1.63. The molecule has 18 heavy (non-hydrogen) atoms. The summed E-state index contributed by atoms with van der Waals surface area (Å²) >= 11 is 5.93. The predicted octanol–water partition coefficient (Wildman–Crippen LogP) is 2.78. The molecule has 1 N–H and O–H groups in total. The SMILES string of the molecule is FC(F)(F)Oc1ccc(Cl)c(CC2=NCCN2)c1. The van der Waals surface area contributed by atoms with Crippen molar-refractivity contribution >= 4 is 17.4 Å². The highest BCUT2D eigenvalue weighted by atomic mass is 35.5. The predicted molar refractivity (Wildman–Crippen MR) is 62.1 cm³/mol. The zero-order valence-electron chi connectivity index (χ0n) is 9.22. The fourth-order valence-corrected chi connectivity index (χ4v) is 1.81. The van der Waals surface area contributed by atoms with Crippen LogP contribution in [0.4, 0.5) is 13.2 Å². The molecule has 0 spiro atoms. The lowest BCUT2D eigenvalue weighted by atomic mass is 10.1. The molecule has 0 bridgehead atoms. The van der Waals surface area contributed by atoms with Gasteiger partial charge in [-0.1, -0.05) is 11.6 Å². The molecule has 0 aliphatic carbocycles. The third-order valence-electron chi connectivity index (χ3n) is 2.35. The van der Waals surface area contributed by atoms with E-state index in [1.54, 1.807) is 0 Å². The highest BCUT2D eigenvalue weighted by Crippen LogP contribution is 2.27. The van der Waals surface area contributed by atoms with Gasteiger partial charge in [0.05, 0.1) is 6.54 Å². The first kappa shape index (κ1) is 13.0. The highest BCUT2D eigenvalue weighted by Gasteiger charge is 2.31. The lowest BCUT2D eigenvalue weighted by molar-refractivity contribution is -0.274. The molecule has 1 heterocycles. The molecule has 0 atom stereocenters. The molecule has 0 saturated heterocycles. The lowest BCUT2D eigenvalue weighted by Gasteiger charge is -2.11. The third kappa shape index (κ3) is 3.53. The van der Waals surface area contributed by atoms with Crippen molar-refractivity contribution in [1.29, 1.82) is 0 Å². The van der Waals surface area contributed by atoms with Crippen molar-refractivity contribution in [3.8, 4) is 5.75 Å². The Hall–Kier alpha value is -1.43. The Kier molecular flexibility index (Phi) is 3.65. The quantitative estimate of drug-likeness (QED) is 0.922. The van der Waals surface area contributed by atoms with Crippen LogP contribution < -0.4 is 10.1 Å². The fraction of sp³-hybridized carbons (Fsp3) is 0.364. The maximum absolute atomic E-state index is 12.1. The highest BCUT2D eigenvalue weighted by molar-refractivity contribution is 6.31. The smallest absolute Gasteiger partial charge is 0.406 e. The molecule has 0 amide bonds. The van der Waals surface area contributed by atoms with Gasteiger partial charge in [-0.25, -0.2) is 0 Å². The number of benzene rings is 1. The summed E-state index contributed by atoms with van der Waals surface area (Å²) in [5.41, 5.74) is 0.548. The molecular formula is C11H10ClF3N2O. The van der Waals surface area contributed by atoms with Crippen LogP contribution in [0.25, 0.3) is 0 Å². The first-order chi connectivity index (χ1) is 8.44. The number of hydrogen-bond acceptors (Lipinski definition) is 3. The van der Waals surface area contributed by atoms with Crippen LogP contribution in [-0.4, -0.2) is 25.3 Å². The van der Waals surface area contributed by atoms with Gasteiger partial charge in [0.1, 0.15) is 11.6 Å². The lowest BCUT2D eigenvalue weighted by Crippen LogP contribution is -2.21. The average molecular weight is 279 g/mol. The average Bonchev–Trinajstić information content (AvgIpc) is 2.73. The third-order valence-corrected chi connectivity index (χ3v) is 2.72. The molecule has 1 aromatic rings. The molecule has 98 valence electrons. The van der Waals surface area contributed by atoms with Crippen molar-refractivity contribution < 1.29 is 17.9 Å². The topological polar surface area (TPSA) is 33.6 Å². The van der Waals surface area contributed by atoms with Gasteiger partial charge in [0.2, 0.25) is 0 Å². The van der Waals surface area contributed by atoms with E-state index in [-0.39, 0.29) is 5.75 Å². The van der Waals surface area contributed by atoms with Crippen molar-refractivity contribution in [3.05, 3.63) is 28.8 Å². The van der Waals surface area contributed by atoms with Crippen molar-refractivity contribution in [2.24, 2.45) is 4.99 Å². The summed E-state index contributed by atoms with van der Waals surface area (Å²) < 4.78 is 40.1. The van der Waals surface area contributed by atoms with E-state index in [0.717, 1.165) is 12.4 Å². The number of aliphatic imine (C=N–C) groups is 1. The number of halogens is 4. The number of rotatable bonds is 3. The van der Waals surface area contributed by atoms with Crippen LogP contribution in [0.1, 0.15) is 5.56 Å². The van der Waals surface area contributed by atoms with E-state index in [1.165, 1.54) is 18.2 Å². The number of nitrogens with one attached hydrogen (secondary N) is 1. The van der Waals surface area contributed by atoms with Crippen LogP contribution in [0.3, 0.4) is 0 Å². The van der Waals surface area contributed by atoms with Gasteiger partial charge in [0.15, 0.2) is 0 Å². The Labute approximate surface area is 107 Å². The Morgan fingerprint density at radius 1 is 1.39 bits per heavy atom. The summed E-state index contributed by atoms with van der Waals surface area (Å²) in [4.78, 5) is 4.16. The summed E-state index contributed by atoms with van der Waals surface area (Å²) in [6, 6.07) is 3.84.